The van der Waals surface area contributed by atoms with Gasteiger partial charge in [-0.1, -0.05) is 61.6 Å². The Kier molecular flexibility index (Phi) is 10.5. The van der Waals surface area contributed by atoms with E-state index in [1.807, 2.05) is 13.0 Å². The molecule has 0 aromatic carbocycles. The highest BCUT2D eigenvalue weighted by molar-refractivity contribution is 5.25. The van der Waals surface area contributed by atoms with Crippen molar-refractivity contribution in [2.45, 2.75) is 135 Å². The molecule has 0 saturated heterocycles. The summed E-state index contributed by atoms with van der Waals surface area (Å²) in [7, 11) is 0. The molecule has 3 aliphatic carbocycles. The Labute approximate surface area is 210 Å². The molecule has 35 heavy (non-hydrogen) atoms. The van der Waals surface area contributed by atoms with Gasteiger partial charge in [-0.05, 0) is 101 Å². The molecule has 5 atom stereocenters. The predicted molar refractivity (Wildman–Crippen MR) is 137 cm³/mol. The fourth-order valence-electron chi connectivity index (χ4n) is 7.13. The summed E-state index contributed by atoms with van der Waals surface area (Å²) >= 11 is 0. The van der Waals surface area contributed by atoms with Gasteiger partial charge >= 0.3 is 6.18 Å². The number of alkyl halides is 3. The number of aliphatic hydroxyl groups excluding tert-OH is 2. The van der Waals surface area contributed by atoms with Crippen LogP contribution in [-0.2, 0) is 0 Å². The van der Waals surface area contributed by atoms with Crippen molar-refractivity contribution in [1.82, 2.24) is 0 Å². The fourth-order valence-corrected chi connectivity index (χ4v) is 7.13. The summed E-state index contributed by atoms with van der Waals surface area (Å²) in [5.41, 5.74) is 4.13. The summed E-state index contributed by atoms with van der Waals surface area (Å²) in [6, 6.07) is 0. The van der Waals surface area contributed by atoms with E-state index in [2.05, 4.69) is 19.1 Å². The second-order valence-electron chi connectivity index (χ2n) is 11.6. The predicted octanol–water partition coefficient (Wildman–Crippen LogP) is 8.59. The van der Waals surface area contributed by atoms with Crippen LogP contribution in [0.15, 0.2) is 34.9 Å². The van der Waals surface area contributed by atoms with E-state index in [4.69, 9.17) is 0 Å². The molecule has 3 rings (SSSR count). The SMILES string of the molecule is CC/C=C(\CCCCCC1CCC2/C(=C/C=C3/CCC[C@H](O)C3)CCCC12C)CC(O)C(F)(F)F. The van der Waals surface area contributed by atoms with Crippen LogP contribution in [0.3, 0.4) is 0 Å². The normalized spacial score (nSPS) is 33.3. The largest absolute Gasteiger partial charge is 0.414 e. The molecule has 0 amide bonds. The monoisotopic (exact) mass is 496 g/mol. The van der Waals surface area contributed by atoms with Gasteiger partial charge in [0.25, 0.3) is 0 Å². The smallest absolute Gasteiger partial charge is 0.393 e. The molecular formula is C30H47F3O2. The Balaban J connectivity index is 1.47. The van der Waals surface area contributed by atoms with Crippen LogP contribution in [0.4, 0.5) is 13.2 Å². The van der Waals surface area contributed by atoms with E-state index in [0.29, 0.717) is 24.2 Å². The highest BCUT2D eigenvalue weighted by Gasteiger charge is 2.48. The van der Waals surface area contributed by atoms with Crippen molar-refractivity contribution in [3.8, 4) is 0 Å². The highest BCUT2D eigenvalue weighted by Crippen LogP contribution is 2.58. The van der Waals surface area contributed by atoms with Crippen LogP contribution < -0.4 is 0 Å². The third-order valence-electron chi connectivity index (χ3n) is 9.10. The van der Waals surface area contributed by atoms with Gasteiger partial charge in [0.05, 0.1) is 6.10 Å². The number of aliphatic hydroxyl groups is 2. The molecule has 3 aliphatic rings. The van der Waals surface area contributed by atoms with E-state index in [-0.39, 0.29) is 12.5 Å². The molecular weight excluding hydrogens is 449 g/mol. The van der Waals surface area contributed by atoms with Crippen molar-refractivity contribution < 1.29 is 23.4 Å². The van der Waals surface area contributed by atoms with Gasteiger partial charge in [-0.3, -0.25) is 0 Å². The van der Waals surface area contributed by atoms with Gasteiger partial charge in [-0.2, -0.15) is 13.2 Å². The molecule has 0 aromatic heterocycles. The van der Waals surface area contributed by atoms with Crippen molar-refractivity contribution in [3.63, 3.8) is 0 Å². The number of hydrogen-bond donors (Lipinski definition) is 2. The first-order chi connectivity index (χ1) is 16.6. The zero-order chi connectivity index (χ0) is 25.5. The molecule has 2 nitrogen and oxygen atoms in total. The third-order valence-corrected chi connectivity index (χ3v) is 9.10. The molecule has 0 spiro atoms. The van der Waals surface area contributed by atoms with E-state index >= 15 is 0 Å². The first-order valence-corrected chi connectivity index (χ1v) is 14.1. The second-order valence-corrected chi connectivity index (χ2v) is 11.6. The van der Waals surface area contributed by atoms with Crippen LogP contribution in [0.5, 0.6) is 0 Å². The fraction of sp³-hybridized carbons (Fsp3) is 0.800. The van der Waals surface area contributed by atoms with Crippen molar-refractivity contribution in [2.75, 3.05) is 0 Å². The van der Waals surface area contributed by atoms with Gasteiger partial charge in [0, 0.05) is 6.42 Å². The molecule has 3 saturated carbocycles. The number of unbranched alkanes of at least 4 members (excludes halogenated alkanes) is 2. The zero-order valence-electron chi connectivity index (χ0n) is 21.9. The van der Waals surface area contributed by atoms with Crippen molar-refractivity contribution in [1.29, 1.82) is 0 Å². The molecule has 200 valence electrons. The number of allylic oxidation sites excluding steroid dienone is 4. The van der Waals surface area contributed by atoms with Gasteiger partial charge in [-0.25, -0.2) is 0 Å². The van der Waals surface area contributed by atoms with Gasteiger partial charge < -0.3 is 10.2 Å². The minimum atomic E-state index is -4.54. The average molecular weight is 497 g/mol. The van der Waals surface area contributed by atoms with Gasteiger partial charge in [-0.15, -0.1) is 0 Å². The van der Waals surface area contributed by atoms with Gasteiger partial charge in [0.15, 0.2) is 6.10 Å². The average Bonchev–Trinajstić information content (AvgIpc) is 3.13. The zero-order valence-corrected chi connectivity index (χ0v) is 21.9. The van der Waals surface area contributed by atoms with E-state index < -0.39 is 12.3 Å². The molecule has 0 heterocycles. The lowest BCUT2D eigenvalue weighted by Gasteiger charge is -2.42. The molecule has 0 aliphatic heterocycles. The van der Waals surface area contributed by atoms with Crippen LogP contribution in [-0.4, -0.2) is 28.6 Å². The van der Waals surface area contributed by atoms with E-state index in [0.717, 1.165) is 56.4 Å². The highest BCUT2D eigenvalue weighted by atomic mass is 19.4. The van der Waals surface area contributed by atoms with Crippen LogP contribution in [0.1, 0.15) is 117 Å². The van der Waals surface area contributed by atoms with Crippen LogP contribution in [0, 0.1) is 17.3 Å². The number of halogens is 3. The van der Waals surface area contributed by atoms with E-state index in [1.54, 1.807) is 5.57 Å². The summed E-state index contributed by atoms with van der Waals surface area (Å²) in [6.07, 6.45) is 15.3. The van der Waals surface area contributed by atoms with Gasteiger partial charge in [0.2, 0.25) is 0 Å². The standard InChI is InChI=1S/C30H47F3O2/c1-3-9-22(21-28(35)30(31,32)33)10-5-4-6-13-25-17-18-27-24(12-8-19-29(25,27)2)16-15-23-11-7-14-26(34)20-23/h9,15-16,25-28,34-35H,3-8,10-14,17-21H2,1-2H3/b22-9+,23-15-,24-16+/t25?,26-,27?,28?,29?/m0/s1. The van der Waals surface area contributed by atoms with Crippen LogP contribution in [0.25, 0.3) is 0 Å². The summed E-state index contributed by atoms with van der Waals surface area (Å²) in [5, 5.41) is 19.4. The van der Waals surface area contributed by atoms with E-state index in [9.17, 15) is 23.4 Å². The van der Waals surface area contributed by atoms with Crippen molar-refractivity contribution in [2.24, 2.45) is 17.3 Å². The Morgan fingerprint density at radius 2 is 1.89 bits per heavy atom. The Hall–Kier alpha value is -1.07. The Morgan fingerprint density at radius 1 is 1.09 bits per heavy atom. The summed E-state index contributed by atoms with van der Waals surface area (Å²) < 4.78 is 38.2. The number of rotatable bonds is 10. The molecule has 3 fully saturated rings. The van der Waals surface area contributed by atoms with Crippen LogP contribution >= 0.6 is 0 Å². The maximum Gasteiger partial charge on any atom is 0.414 e. The molecule has 4 unspecified atom stereocenters. The topological polar surface area (TPSA) is 40.5 Å². The van der Waals surface area contributed by atoms with Crippen LogP contribution in [0.2, 0.25) is 0 Å². The minimum Gasteiger partial charge on any atom is -0.393 e. The number of fused-ring (bicyclic) bond motifs is 1. The first-order valence-electron chi connectivity index (χ1n) is 14.1. The van der Waals surface area contributed by atoms with Crippen molar-refractivity contribution >= 4 is 0 Å². The quantitative estimate of drug-likeness (QED) is 0.235. The third kappa shape index (κ3) is 7.95. The molecule has 0 radical (unpaired) electrons. The van der Waals surface area contributed by atoms with Gasteiger partial charge in [0.1, 0.15) is 0 Å². The molecule has 0 bridgehead atoms. The minimum absolute atomic E-state index is 0.163. The second kappa shape index (κ2) is 12.9. The van der Waals surface area contributed by atoms with E-state index in [1.165, 1.54) is 44.1 Å². The van der Waals surface area contributed by atoms with Crippen molar-refractivity contribution in [3.05, 3.63) is 34.9 Å². The summed E-state index contributed by atoms with van der Waals surface area (Å²) in [4.78, 5) is 0. The number of hydrogen-bond acceptors (Lipinski definition) is 2. The molecule has 5 heteroatoms. The lowest BCUT2D eigenvalue weighted by atomic mass is 9.62. The Morgan fingerprint density at radius 3 is 2.60 bits per heavy atom. The Bertz CT molecular complexity index is 766. The maximum atomic E-state index is 12.7. The summed E-state index contributed by atoms with van der Waals surface area (Å²) in [5.74, 6) is 1.41. The molecule has 2 N–H and O–H groups in total. The lowest BCUT2D eigenvalue weighted by molar-refractivity contribution is -0.203. The lowest BCUT2D eigenvalue weighted by Crippen LogP contribution is -2.33. The maximum absolute atomic E-state index is 12.7. The first kappa shape index (κ1) is 28.5. The molecule has 0 aromatic rings. The summed E-state index contributed by atoms with van der Waals surface area (Å²) in [6.45, 7) is 4.43.